The van der Waals surface area contributed by atoms with Crippen molar-refractivity contribution >= 4 is 44.0 Å². The number of benzene rings is 2. The van der Waals surface area contributed by atoms with E-state index in [9.17, 15) is 8.42 Å². The average molecular weight is 276 g/mol. The fourth-order valence-corrected chi connectivity index (χ4v) is 2.42. The summed E-state index contributed by atoms with van der Waals surface area (Å²) in [5.74, 6) is 0. The summed E-state index contributed by atoms with van der Waals surface area (Å²) in [5, 5.41) is 7.25. The predicted octanol–water partition coefficient (Wildman–Crippen LogP) is 2.79. The van der Waals surface area contributed by atoms with Gasteiger partial charge in [0, 0.05) is 20.8 Å². The molecule has 0 saturated heterocycles. The third kappa shape index (κ3) is 2.01. The molecule has 16 heavy (non-hydrogen) atoms. The Hall–Kier alpha value is -0.810. The monoisotopic (exact) mass is 275 g/mol. The molecule has 0 spiro atoms. The van der Waals surface area contributed by atoms with Crippen molar-refractivity contribution in [1.29, 1.82) is 0 Å². The number of primary sulfonamides is 1. The Bertz CT molecular complexity index is 668. The number of hydrogen-bond acceptors (Lipinski definition) is 2. The second-order valence-corrected chi connectivity index (χ2v) is 5.66. The van der Waals surface area contributed by atoms with Crippen molar-refractivity contribution in [3.05, 3.63) is 40.4 Å². The largest absolute Gasteiger partial charge is 0.238 e. The quantitative estimate of drug-likeness (QED) is 0.870. The van der Waals surface area contributed by atoms with Gasteiger partial charge < -0.3 is 0 Å². The average Bonchev–Trinajstić information content (AvgIpc) is 2.22. The number of halogens is 2. The van der Waals surface area contributed by atoms with E-state index in [1.54, 1.807) is 18.2 Å². The lowest BCUT2D eigenvalue weighted by atomic mass is 10.1. The Morgan fingerprint density at radius 2 is 1.50 bits per heavy atom. The third-order valence-electron chi connectivity index (χ3n) is 2.21. The maximum atomic E-state index is 11.2. The van der Waals surface area contributed by atoms with Crippen LogP contribution in [-0.2, 0) is 10.0 Å². The van der Waals surface area contributed by atoms with Crippen molar-refractivity contribution in [2.45, 2.75) is 4.90 Å². The predicted molar refractivity (Wildman–Crippen MR) is 65.3 cm³/mol. The Morgan fingerprint density at radius 3 is 2.06 bits per heavy atom. The van der Waals surface area contributed by atoms with Crippen LogP contribution in [0, 0.1) is 0 Å². The van der Waals surface area contributed by atoms with Gasteiger partial charge in [0.2, 0.25) is 10.0 Å². The van der Waals surface area contributed by atoms with Crippen molar-refractivity contribution in [1.82, 2.24) is 0 Å². The fraction of sp³-hybridized carbons (Fsp3) is 0. The SMILES string of the molecule is NS(=O)(=O)c1ccc2c(Cl)ccc(Cl)c2c1. The minimum atomic E-state index is -3.73. The Kier molecular flexibility index (Phi) is 2.84. The molecular weight excluding hydrogens is 269 g/mol. The van der Waals surface area contributed by atoms with Gasteiger partial charge in [-0.1, -0.05) is 29.3 Å². The number of rotatable bonds is 1. The maximum Gasteiger partial charge on any atom is 0.238 e. The molecule has 2 N–H and O–H groups in total. The molecule has 0 aliphatic heterocycles. The molecule has 0 heterocycles. The zero-order chi connectivity index (χ0) is 11.9. The van der Waals surface area contributed by atoms with Gasteiger partial charge >= 0.3 is 0 Å². The van der Waals surface area contributed by atoms with E-state index >= 15 is 0 Å². The van der Waals surface area contributed by atoms with Crippen molar-refractivity contribution in [2.24, 2.45) is 5.14 Å². The first-order chi connectivity index (χ1) is 7.39. The molecule has 0 atom stereocenters. The van der Waals surface area contributed by atoms with E-state index in [0.29, 0.717) is 20.8 Å². The van der Waals surface area contributed by atoms with Crippen LogP contribution in [0.3, 0.4) is 0 Å². The maximum absolute atomic E-state index is 11.2. The van der Waals surface area contributed by atoms with Crippen LogP contribution in [0.5, 0.6) is 0 Å². The van der Waals surface area contributed by atoms with Gasteiger partial charge in [0.1, 0.15) is 0 Å². The van der Waals surface area contributed by atoms with E-state index in [2.05, 4.69) is 0 Å². The molecule has 2 aromatic carbocycles. The summed E-state index contributed by atoms with van der Waals surface area (Å²) < 4.78 is 22.3. The molecule has 84 valence electrons. The summed E-state index contributed by atoms with van der Waals surface area (Å²) in [4.78, 5) is 0.0177. The number of hydrogen-bond donors (Lipinski definition) is 1. The first kappa shape index (κ1) is 11.7. The van der Waals surface area contributed by atoms with Gasteiger partial charge in [-0.2, -0.15) is 0 Å². The van der Waals surface area contributed by atoms with Crippen LogP contribution in [0.2, 0.25) is 10.0 Å². The van der Waals surface area contributed by atoms with E-state index in [-0.39, 0.29) is 4.90 Å². The van der Waals surface area contributed by atoms with Crippen LogP contribution in [0.1, 0.15) is 0 Å². The van der Waals surface area contributed by atoms with Crippen molar-refractivity contribution in [3.63, 3.8) is 0 Å². The van der Waals surface area contributed by atoms with E-state index in [4.69, 9.17) is 28.3 Å². The van der Waals surface area contributed by atoms with Crippen molar-refractivity contribution < 1.29 is 8.42 Å². The first-order valence-electron chi connectivity index (χ1n) is 4.30. The fourth-order valence-electron chi connectivity index (χ4n) is 1.43. The van der Waals surface area contributed by atoms with E-state index in [1.165, 1.54) is 12.1 Å². The molecule has 0 aliphatic rings. The molecule has 2 aromatic rings. The van der Waals surface area contributed by atoms with Crippen LogP contribution in [0.15, 0.2) is 35.2 Å². The van der Waals surface area contributed by atoms with Gasteiger partial charge in [0.05, 0.1) is 4.90 Å². The van der Waals surface area contributed by atoms with Crippen LogP contribution in [0.4, 0.5) is 0 Å². The zero-order valence-corrected chi connectivity index (χ0v) is 10.3. The molecule has 0 aliphatic carbocycles. The van der Waals surface area contributed by atoms with E-state index < -0.39 is 10.0 Å². The highest BCUT2D eigenvalue weighted by molar-refractivity contribution is 7.89. The van der Waals surface area contributed by atoms with Crippen LogP contribution >= 0.6 is 23.2 Å². The lowest BCUT2D eigenvalue weighted by Gasteiger charge is -2.05. The second-order valence-electron chi connectivity index (χ2n) is 3.28. The summed E-state index contributed by atoms with van der Waals surface area (Å²) in [7, 11) is -3.73. The van der Waals surface area contributed by atoms with Crippen LogP contribution < -0.4 is 5.14 Å². The molecule has 2 rings (SSSR count). The zero-order valence-electron chi connectivity index (χ0n) is 7.94. The molecule has 0 bridgehead atoms. The lowest BCUT2D eigenvalue weighted by Crippen LogP contribution is -2.11. The second kappa shape index (κ2) is 3.89. The third-order valence-corrected chi connectivity index (χ3v) is 3.78. The summed E-state index contributed by atoms with van der Waals surface area (Å²) in [6.45, 7) is 0. The van der Waals surface area contributed by atoms with E-state index in [0.717, 1.165) is 0 Å². The van der Waals surface area contributed by atoms with Crippen LogP contribution in [0.25, 0.3) is 10.8 Å². The molecule has 0 fully saturated rings. The molecule has 3 nitrogen and oxygen atoms in total. The molecule has 0 amide bonds. The van der Waals surface area contributed by atoms with Gasteiger partial charge in [-0.15, -0.1) is 0 Å². The number of fused-ring (bicyclic) bond motifs is 1. The first-order valence-corrected chi connectivity index (χ1v) is 6.60. The lowest BCUT2D eigenvalue weighted by molar-refractivity contribution is 0.598. The Morgan fingerprint density at radius 1 is 0.938 bits per heavy atom. The smallest absolute Gasteiger partial charge is 0.225 e. The van der Waals surface area contributed by atoms with Gasteiger partial charge in [-0.3, -0.25) is 0 Å². The normalized spacial score (nSPS) is 11.9. The minimum absolute atomic E-state index is 0.0177. The van der Waals surface area contributed by atoms with Gasteiger partial charge in [0.15, 0.2) is 0 Å². The highest BCUT2D eigenvalue weighted by Crippen LogP contribution is 2.31. The standard InChI is InChI=1S/C10H7Cl2NO2S/c11-9-3-4-10(12)8-5-6(16(13,14)15)1-2-7(8)9/h1-5H,(H2,13,14,15). The van der Waals surface area contributed by atoms with Crippen LogP contribution in [-0.4, -0.2) is 8.42 Å². The minimum Gasteiger partial charge on any atom is -0.225 e. The highest BCUT2D eigenvalue weighted by atomic mass is 35.5. The Balaban J connectivity index is 2.86. The summed E-state index contributed by atoms with van der Waals surface area (Å²) in [5.41, 5.74) is 0. The highest BCUT2D eigenvalue weighted by Gasteiger charge is 2.10. The molecule has 6 heteroatoms. The molecule has 0 saturated carbocycles. The molecule has 0 unspecified atom stereocenters. The van der Waals surface area contributed by atoms with Crippen molar-refractivity contribution in [3.8, 4) is 0 Å². The summed E-state index contributed by atoms with van der Waals surface area (Å²) in [6, 6.07) is 7.67. The van der Waals surface area contributed by atoms with Gasteiger partial charge in [0.25, 0.3) is 0 Å². The topological polar surface area (TPSA) is 60.2 Å². The van der Waals surface area contributed by atoms with Crippen molar-refractivity contribution in [2.75, 3.05) is 0 Å². The molecular formula is C10H7Cl2NO2S. The van der Waals surface area contributed by atoms with Gasteiger partial charge in [-0.25, -0.2) is 13.6 Å². The molecule has 0 aromatic heterocycles. The summed E-state index contributed by atoms with van der Waals surface area (Å²) >= 11 is 11.9. The summed E-state index contributed by atoms with van der Waals surface area (Å²) in [6.07, 6.45) is 0. The Labute approximate surface area is 103 Å². The number of nitrogens with two attached hydrogens (primary N) is 1. The van der Waals surface area contributed by atoms with E-state index in [1.807, 2.05) is 0 Å². The molecule has 0 radical (unpaired) electrons. The van der Waals surface area contributed by atoms with Gasteiger partial charge in [-0.05, 0) is 24.3 Å². The number of sulfonamides is 1.